The minimum Gasteiger partial charge on any atom is -0.366 e. The first kappa shape index (κ1) is 17.1. The highest BCUT2D eigenvalue weighted by atomic mass is 19.1. The highest BCUT2D eigenvalue weighted by Gasteiger charge is 2.09. The first-order chi connectivity index (χ1) is 13.1. The highest BCUT2D eigenvalue weighted by molar-refractivity contribution is 5.80. The number of nitrogens with one attached hydrogen (secondary N) is 2. The Morgan fingerprint density at radius 1 is 1.04 bits per heavy atom. The maximum absolute atomic E-state index is 13.7. The Kier molecular flexibility index (Phi) is 4.54. The van der Waals surface area contributed by atoms with E-state index in [1.807, 2.05) is 31.5 Å². The molecule has 4 nitrogen and oxygen atoms in total. The second-order valence-electron chi connectivity index (χ2n) is 6.50. The highest BCUT2D eigenvalue weighted by Crippen LogP contribution is 2.21. The standard InChI is InChI=1S/C21H18F2N4/c1-13-7-16-15(11-27-21(16)26-9-13)8-14-5-6-20(24-10-14)25-12-17-18(22)3-2-4-19(17)23/h2-7,9-11H,8,12H2,1H3,(H,24,25)(H,26,27). The van der Waals surface area contributed by atoms with E-state index in [1.54, 1.807) is 6.20 Å². The van der Waals surface area contributed by atoms with Crippen molar-refractivity contribution in [2.45, 2.75) is 19.9 Å². The zero-order valence-electron chi connectivity index (χ0n) is 14.8. The van der Waals surface area contributed by atoms with Gasteiger partial charge in [0.1, 0.15) is 23.1 Å². The number of fused-ring (bicyclic) bond motifs is 1. The number of rotatable bonds is 5. The van der Waals surface area contributed by atoms with Crippen LogP contribution in [0.1, 0.15) is 22.3 Å². The van der Waals surface area contributed by atoms with Crippen molar-refractivity contribution in [2.24, 2.45) is 0 Å². The van der Waals surface area contributed by atoms with Crippen molar-refractivity contribution in [1.29, 1.82) is 0 Å². The number of pyridine rings is 2. The molecule has 0 aliphatic carbocycles. The number of nitrogens with zero attached hydrogens (tertiary/aromatic N) is 2. The summed E-state index contributed by atoms with van der Waals surface area (Å²) in [4.78, 5) is 11.9. The van der Waals surface area contributed by atoms with E-state index in [9.17, 15) is 8.78 Å². The Morgan fingerprint density at radius 2 is 1.85 bits per heavy atom. The number of anilines is 1. The van der Waals surface area contributed by atoms with Crippen LogP contribution in [0, 0.1) is 18.6 Å². The molecule has 2 N–H and O–H groups in total. The molecule has 0 aliphatic rings. The fourth-order valence-corrected chi connectivity index (χ4v) is 3.04. The number of aryl methyl sites for hydroxylation is 1. The molecule has 0 aliphatic heterocycles. The molecule has 4 aromatic rings. The smallest absolute Gasteiger partial charge is 0.137 e. The molecule has 0 spiro atoms. The van der Waals surface area contributed by atoms with E-state index in [2.05, 4.69) is 26.3 Å². The first-order valence-electron chi connectivity index (χ1n) is 8.64. The third kappa shape index (κ3) is 3.65. The maximum atomic E-state index is 13.7. The minimum absolute atomic E-state index is 0.00467. The second-order valence-corrected chi connectivity index (χ2v) is 6.50. The van der Waals surface area contributed by atoms with Gasteiger partial charge in [-0.3, -0.25) is 0 Å². The molecule has 1 aromatic carbocycles. The molecule has 3 aromatic heterocycles. The van der Waals surface area contributed by atoms with Crippen LogP contribution in [0.5, 0.6) is 0 Å². The maximum Gasteiger partial charge on any atom is 0.137 e. The Bertz CT molecular complexity index is 1070. The van der Waals surface area contributed by atoms with Gasteiger partial charge in [0, 0.05) is 42.5 Å². The van der Waals surface area contributed by atoms with E-state index >= 15 is 0 Å². The molecule has 0 amide bonds. The Labute approximate surface area is 155 Å². The Hall–Kier alpha value is -3.28. The first-order valence-corrected chi connectivity index (χ1v) is 8.64. The summed E-state index contributed by atoms with van der Waals surface area (Å²) in [5.41, 5.74) is 4.18. The fourth-order valence-electron chi connectivity index (χ4n) is 3.04. The van der Waals surface area contributed by atoms with E-state index in [1.165, 1.54) is 18.2 Å². The van der Waals surface area contributed by atoms with E-state index < -0.39 is 11.6 Å². The van der Waals surface area contributed by atoms with Gasteiger partial charge in [0.2, 0.25) is 0 Å². The van der Waals surface area contributed by atoms with Gasteiger partial charge >= 0.3 is 0 Å². The SMILES string of the molecule is Cc1cnc2[nH]cc(Cc3ccc(NCc4c(F)cccc4F)nc3)c2c1. The third-order valence-corrected chi connectivity index (χ3v) is 4.48. The van der Waals surface area contributed by atoms with Crippen LogP contribution in [0.2, 0.25) is 0 Å². The van der Waals surface area contributed by atoms with E-state index in [0.29, 0.717) is 5.82 Å². The normalized spacial score (nSPS) is 11.1. The van der Waals surface area contributed by atoms with Gasteiger partial charge in [0.15, 0.2) is 0 Å². The summed E-state index contributed by atoms with van der Waals surface area (Å²) in [6.45, 7) is 2.06. The number of hydrogen-bond acceptors (Lipinski definition) is 3. The van der Waals surface area contributed by atoms with E-state index in [4.69, 9.17) is 0 Å². The van der Waals surface area contributed by atoms with Gasteiger partial charge in [-0.2, -0.15) is 0 Å². The monoisotopic (exact) mass is 364 g/mol. The average Bonchev–Trinajstić information content (AvgIpc) is 3.04. The molecule has 27 heavy (non-hydrogen) atoms. The molecule has 0 radical (unpaired) electrons. The summed E-state index contributed by atoms with van der Waals surface area (Å²) in [5, 5.41) is 4.06. The summed E-state index contributed by atoms with van der Waals surface area (Å²) < 4.78 is 27.4. The lowest BCUT2D eigenvalue weighted by molar-refractivity contribution is 0.560. The van der Waals surface area contributed by atoms with Crippen molar-refractivity contribution >= 4 is 16.9 Å². The predicted molar refractivity (Wildman–Crippen MR) is 102 cm³/mol. The van der Waals surface area contributed by atoms with Crippen LogP contribution in [0.25, 0.3) is 11.0 Å². The van der Waals surface area contributed by atoms with Gasteiger partial charge in [0.05, 0.1) is 0 Å². The van der Waals surface area contributed by atoms with Crippen LogP contribution in [-0.2, 0) is 13.0 Å². The van der Waals surface area contributed by atoms with Gasteiger partial charge < -0.3 is 10.3 Å². The summed E-state index contributed by atoms with van der Waals surface area (Å²) in [6.07, 6.45) is 6.29. The van der Waals surface area contributed by atoms with Crippen LogP contribution < -0.4 is 5.32 Å². The average molecular weight is 364 g/mol. The topological polar surface area (TPSA) is 53.6 Å². The number of benzene rings is 1. The molecule has 0 saturated carbocycles. The molecule has 0 fully saturated rings. The van der Waals surface area contributed by atoms with Gasteiger partial charge in [0.25, 0.3) is 0 Å². The van der Waals surface area contributed by atoms with Gasteiger partial charge in [-0.15, -0.1) is 0 Å². The number of halogens is 2. The lowest BCUT2D eigenvalue weighted by atomic mass is 10.1. The lowest BCUT2D eigenvalue weighted by Gasteiger charge is -2.08. The minimum atomic E-state index is -0.567. The lowest BCUT2D eigenvalue weighted by Crippen LogP contribution is -2.05. The van der Waals surface area contributed by atoms with Crippen molar-refractivity contribution in [3.8, 4) is 0 Å². The zero-order chi connectivity index (χ0) is 18.8. The largest absolute Gasteiger partial charge is 0.366 e. The molecular weight excluding hydrogens is 346 g/mol. The molecule has 0 atom stereocenters. The number of hydrogen-bond donors (Lipinski definition) is 2. The van der Waals surface area contributed by atoms with Crippen molar-refractivity contribution in [3.63, 3.8) is 0 Å². The summed E-state index contributed by atoms with van der Waals surface area (Å²) in [6, 6.07) is 9.72. The van der Waals surface area contributed by atoms with Crippen LogP contribution in [0.15, 0.2) is 55.0 Å². The molecule has 136 valence electrons. The van der Waals surface area contributed by atoms with Crippen LogP contribution in [0.4, 0.5) is 14.6 Å². The van der Waals surface area contributed by atoms with Crippen LogP contribution in [0.3, 0.4) is 0 Å². The third-order valence-electron chi connectivity index (χ3n) is 4.48. The quantitative estimate of drug-likeness (QED) is 0.537. The van der Waals surface area contributed by atoms with Crippen molar-refractivity contribution in [3.05, 3.63) is 88.9 Å². The summed E-state index contributed by atoms with van der Waals surface area (Å²) >= 11 is 0. The number of H-pyrrole nitrogens is 1. The van der Waals surface area contributed by atoms with E-state index in [-0.39, 0.29) is 12.1 Å². The molecule has 0 unspecified atom stereocenters. The van der Waals surface area contributed by atoms with Crippen molar-refractivity contribution in [1.82, 2.24) is 15.0 Å². The zero-order valence-corrected chi connectivity index (χ0v) is 14.8. The van der Waals surface area contributed by atoms with Gasteiger partial charge in [-0.05, 0) is 47.9 Å². The van der Waals surface area contributed by atoms with Crippen molar-refractivity contribution < 1.29 is 8.78 Å². The molecule has 3 heterocycles. The number of aromatic nitrogens is 3. The molecular formula is C21H18F2N4. The number of aromatic amines is 1. The van der Waals surface area contributed by atoms with Crippen LogP contribution >= 0.6 is 0 Å². The van der Waals surface area contributed by atoms with E-state index in [0.717, 1.165) is 34.1 Å². The van der Waals surface area contributed by atoms with Crippen molar-refractivity contribution in [2.75, 3.05) is 5.32 Å². The Morgan fingerprint density at radius 3 is 2.59 bits per heavy atom. The second kappa shape index (κ2) is 7.15. The molecule has 6 heteroatoms. The fraction of sp³-hybridized carbons (Fsp3) is 0.143. The molecule has 4 rings (SSSR count). The predicted octanol–water partition coefficient (Wildman–Crippen LogP) is 4.75. The van der Waals surface area contributed by atoms with Gasteiger partial charge in [-0.25, -0.2) is 18.7 Å². The van der Waals surface area contributed by atoms with Crippen LogP contribution in [-0.4, -0.2) is 15.0 Å². The molecule has 0 saturated heterocycles. The summed E-state index contributed by atoms with van der Waals surface area (Å²) in [7, 11) is 0. The molecule has 0 bridgehead atoms. The Balaban J connectivity index is 1.46. The summed E-state index contributed by atoms with van der Waals surface area (Å²) in [5.74, 6) is -0.567. The van der Waals surface area contributed by atoms with Gasteiger partial charge in [-0.1, -0.05) is 12.1 Å².